The molecule has 0 aliphatic carbocycles. The van der Waals surface area contributed by atoms with Crippen molar-refractivity contribution in [3.05, 3.63) is 52.1 Å². The summed E-state index contributed by atoms with van der Waals surface area (Å²) in [6.07, 6.45) is 2.05. The number of aryl methyl sites for hydroxylation is 1. The van der Waals surface area contributed by atoms with Crippen LogP contribution in [0.3, 0.4) is 0 Å². The van der Waals surface area contributed by atoms with Gasteiger partial charge in [-0.25, -0.2) is 14.4 Å². The van der Waals surface area contributed by atoms with Gasteiger partial charge in [-0.3, -0.25) is 4.57 Å². The van der Waals surface area contributed by atoms with Crippen LogP contribution in [-0.2, 0) is 6.42 Å². The van der Waals surface area contributed by atoms with Crippen LogP contribution in [0, 0.1) is 5.82 Å². The summed E-state index contributed by atoms with van der Waals surface area (Å²) in [7, 11) is 0. The third-order valence-electron chi connectivity index (χ3n) is 3.01. The minimum atomic E-state index is -0.498. The Morgan fingerprint density at radius 3 is 2.71 bits per heavy atom. The standard InChI is InChI=1S/C14H9Cl3FN3/c15-4-3-13-20-12-5-8(16)7-19-14(12)21(13)9-1-2-10(17)11(18)6-9/h1-2,5-7H,3-4H2. The molecule has 2 heterocycles. The Balaban J connectivity index is 2.27. The first-order chi connectivity index (χ1) is 10.1. The number of pyridine rings is 1. The highest BCUT2D eigenvalue weighted by Gasteiger charge is 2.15. The first kappa shape index (κ1) is 14.6. The third kappa shape index (κ3) is 2.71. The molecule has 1 aromatic carbocycles. The largest absolute Gasteiger partial charge is 0.281 e. The topological polar surface area (TPSA) is 30.7 Å². The summed E-state index contributed by atoms with van der Waals surface area (Å²) < 4.78 is 15.5. The summed E-state index contributed by atoms with van der Waals surface area (Å²) in [6, 6.07) is 6.26. The van der Waals surface area contributed by atoms with E-state index in [2.05, 4.69) is 9.97 Å². The zero-order valence-electron chi connectivity index (χ0n) is 10.7. The minimum absolute atomic E-state index is 0.0677. The van der Waals surface area contributed by atoms with Gasteiger partial charge in [0, 0.05) is 18.5 Å². The van der Waals surface area contributed by atoms with Gasteiger partial charge in [0.15, 0.2) is 5.65 Å². The van der Waals surface area contributed by atoms with Gasteiger partial charge in [0.25, 0.3) is 0 Å². The Kier molecular flexibility index (Phi) is 4.02. The van der Waals surface area contributed by atoms with Crippen LogP contribution in [0.25, 0.3) is 16.9 Å². The maximum Gasteiger partial charge on any atom is 0.164 e. The number of hydrogen-bond donors (Lipinski definition) is 0. The molecule has 0 N–H and O–H groups in total. The summed E-state index contributed by atoms with van der Waals surface area (Å²) >= 11 is 17.5. The van der Waals surface area contributed by atoms with Gasteiger partial charge in [0.05, 0.1) is 15.7 Å². The van der Waals surface area contributed by atoms with E-state index in [9.17, 15) is 4.39 Å². The van der Waals surface area contributed by atoms with Gasteiger partial charge in [-0.05, 0) is 24.3 Å². The van der Waals surface area contributed by atoms with Crippen LogP contribution in [0.4, 0.5) is 4.39 Å². The highest BCUT2D eigenvalue weighted by atomic mass is 35.5. The Hall–Kier alpha value is -1.36. The maximum absolute atomic E-state index is 13.7. The predicted octanol–water partition coefficient (Wildman–Crippen LogP) is 4.65. The Morgan fingerprint density at radius 1 is 1.19 bits per heavy atom. The van der Waals surface area contributed by atoms with Crippen molar-refractivity contribution in [2.75, 3.05) is 5.88 Å². The summed E-state index contributed by atoms with van der Waals surface area (Å²) in [4.78, 5) is 8.75. The lowest BCUT2D eigenvalue weighted by Gasteiger charge is -2.08. The third-order valence-corrected chi connectivity index (χ3v) is 3.71. The Morgan fingerprint density at radius 2 is 2.00 bits per heavy atom. The monoisotopic (exact) mass is 343 g/mol. The van der Waals surface area contributed by atoms with Gasteiger partial charge < -0.3 is 0 Å². The molecule has 0 spiro atoms. The number of fused-ring (bicyclic) bond motifs is 1. The molecule has 21 heavy (non-hydrogen) atoms. The fourth-order valence-electron chi connectivity index (χ4n) is 2.13. The molecular weight excluding hydrogens is 336 g/mol. The van der Waals surface area contributed by atoms with Crippen molar-refractivity contribution < 1.29 is 4.39 Å². The van der Waals surface area contributed by atoms with Crippen LogP contribution in [-0.4, -0.2) is 20.4 Å². The molecule has 0 unspecified atom stereocenters. The molecule has 3 aromatic rings. The molecule has 7 heteroatoms. The summed E-state index contributed by atoms with van der Waals surface area (Å²) in [5.74, 6) is 0.589. The van der Waals surface area contributed by atoms with Gasteiger partial charge >= 0.3 is 0 Å². The van der Waals surface area contributed by atoms with Gasteiger partial charge in [-0.1, -0.05) is 23.2 Å². The molecule has 0 atom stereocenters. The van der Waals surface area contributed by atoms with E-state index in [1.54, 1.807) is 16.7 Å². The minimum Gasteiger partial charge on any atom is -0.281 e. The number of nitrogens with zero attached hydrogens (tertiary/aromatic N) is 3. The van der Waals surface area contributed by atoms with Crippen molar-refractivity contribution in [2.24, 2.45) is 0 Å². The molecular formula is C14H9Cl3FN3. The maximum atomic E-state index is 13.7. The van der Waals surface area contributed by atoms with Gasteiger partial charge in [-0.15, -0.1) is 11.6 Å². The zero-order chi connectivity index (χ0) is 15.0. The Bertz CT molecular complexity index is 817. The van der Waals surface area contributed by atoms with Gasteiger partial charge in [0.1, 0.15) is 17.2 Å². The second kappa shape index (κ2) is 5.79. The van der Waals surface area contributed by atoms with Crippen LogP contribution in [0.5, 0.6) is 0 Å². The van der Waals surface area contributed by atoms with Crippen molar-refractivity contribution in [1.29, 1.82) is 0 Å². The molecule has 0 amide bonds. The molecule has 0 saturated heterocycles. The lowest BCUT2D eigenvalue weighted by atomic mass is 10.3. The summed E-state index contributed by atoms with van der Waals surface area (Å²) in [6.45, 7) is 0. The van der Waals surface area contributed by atoms with Gasteiger partial charge in [0.2, 0.25) is 0 Å². The second-order valence-electron chi connectivity index (χ2n) is 4.40. The molecule has 3 rings (SSSR count). The van der Waals surface area contributed by atoms with E-state index < -0.39 is 5.82 Å². The van der Waals surface area contributed by atoms with Crippen LogP contribution in [0.15, 0.2) is 30.5 Å². The van der Waals surface area contributed by atoms with E-state index >= 15 is 0 Å². The number of aromatic nitrogens is 3. The lowest BCUT2D eigenvalue weighted by molar-refractivity contribution is 0.627. The summed E-state index contributed by atoms with van der Waals surface area (Å²) in [5, 5.41) is 0.560. The number of hydrogen-bond acceptors (Lipinski definition) is 2. The fraction of sp³-hybridized carbons (Fsp3) is 0.143. The first-order valence-corrected chi connectivity index (χ1v) is 7.43. The van der Waals surface area contributed by atoms with Crippen molar-refractivity contribution in [3.8, 4) is 5.69 Å². The molecule has 0 fully saturated rings. The molecule has 2 aromatic heterocycles. The first-order valence-electron chi connectivity index (χ1n) is 6.14. The van der Waals surface area contributed by atoms with E-state index in [4.69, 9.17) is 34.8 Å². The van der Waals surface area contributed by atoms with Crippen molar-refractivity contribution >= 4 is 46.0 Å². The van der Waals surface area contributed by atoms with Crippen LogP contribution < -0.4 is 0 Å². The van der Waals surface area contributed by atoms with E-state index in [-0.39, 0.29) is 5.02 Å². The quantitative estimate of drug-likeness (QED) is 0.648. The van der Waals surface area contributed by atoms with Crippen LogP contribution >= 0.6 is 34.8 Å². The molecule has 0 aliphatic heterocycles. The van der Waals surface area contributed by atoms with Crippen molar-refractivity contribution in [2.45, 2.75) is 6.42 Å². The smallest absolute Gasteiger partial charge is 0.164 e. The molecule has 3 nitrogen and oxygen atoms in total. The lowest BCUT2D eigenvalue weighted by Crippen LogP contribution is -2.03. The number of benzene rings is 1. The molecule has 108 valence electrons. The fourth-order valence-corrected chi connectivity index (χ4v) is 2.57. The SMILES string of the molecule is Fc1cc(-n2c(CCCl)nc3cc(Cl)cnc32)ccc1Cl. The average Bonchev–Trinajstić information content (AvgIpc) is 2.79. The van der Waals surface area contributed by atoms with E-state index in [1.165, 1.54) is 18.3 Å². The van der Waals surface area contributed by atoms with E-state index in [0.29, 0.717) is 40.0 Å². The molecule has 0 radical (unpaired) electrons. The van der Waals surface area contributed by atoms with Gasteiger partial charge in [-0.2, -0.15) is 0 Å². The normalized spacial score (nSPS) is 11.2. The predicted molar refractivity (Wildman–Crippen MR) is 83.3 cm³/mol. The molecule has 0 saturated carbocycles. The van der Waals surface area contributed by atoms with Crippen molar-refractivity contribution in [1.82, 2.24) is 14.5 Å². The second-order valence-corrected chi connectivity index (χ2v) is 5.62. The number of rotatable bonds is 3. The average molecular weight is 345 g/mol. The molecule has 0 aliphatic rings. The van der Waals surface area contributed by atoms with E-state index in [1.807, 2.05) is 0 Å². The van der Waals surface area contributed by atoms with Crippen LogP contribution in [0.1, 0.15) is 5.82 Å². The summed E-state index contributed by atoms with van der Waals surface area (Å²) in [5.41, 5.74) is 1.83. The number of imidazole rings is 1. The number of halogens is 4. The Labute approximate surface area is 135 Å². The highest BCUT2D eigenvalue weighted by molar-refractivity contribution is 6.31. The molecule has 0 bridgehead atoms. The van der Waals surface area contributed by atoms with Crippen molar-refractivity contribution in [3.63, 3.8) is 0 Å². The zero-order valence-corrected chi connectivity index (χ0v) is 12.9. The van der Waals surface area contributed by atoms with E-state index in [0.717, 1.165) is 0 Å². The highest BCUT2D eigenvalue weighted by Crippen LogP contribution is 2.25. The van der Waals surface area contributed by atoms with Crippen LogP contribution in [0.2, 0.25) is 10.0 Å². The number of alkyl halides is 1.